The Hall–Kier alpha value is -3.16. The van der Waals surface area contributed by atoms with E-state index in [4.69, 9.17) is 0 Å². The fourth-order valence-corrected chi connectivity index (χ4v) is 3.48. The lowest BCUT2D eigenvalue weighted by Gasteiger charge is -2.34. The fraction of sp³-hybridized carbons (Fsp3) is 0.429. The molecule has 1 aromatic heterocycles. The van der Waals surface area contributed by atoms with Gasteiger partial charge in [0.25, 0.3) is 0 Å². The van der Waals surface area contributed by atoms with Crippen LogP contribution in [0.1, 0.15) is 45.6 Å². The summed E-state index contributed by atoms with van der Waals surface area (Å²) in [5, 5.41) is 9.82. The van der Waals surface area contributed by atoms with E-state index in [2.05, 4.69) is 15.7 Å². The summed E-state index contributed by atoms with van der Waals surface area (Å²) in [6.07, 6.45) is 6.25. The summed E-state index contributed by atoms with van der Waals surface area (Å²) in [5.74, 6) is -0.400. The first-order chi connectivity index (χ1) is 14.0. The number of anilines is 2. The molecule has 0 aliphatic carbocycles. The molecule has 0 bridgehead atoms. The summed E-state index contributed by atoms with van der Waals surface area (Å²) < 4.78 is 1.57. The van der Waals surface area contributed by atoms with Gasteiger partial charge in [-0.2, -0.15) is 5.10 Å². The minimum absolute atomic E-state index is 0.00141. The SMILES string of the molecule is CCC(=O)N1CCCCC1C(=O)Nc1cccc(NC(=O)C(C)n2cccn2)c1. The van der Waals surface area contributed by atoms with Crippen molar-refractivity contribution in [3.8, 4) is 0 Å². The highest BCUT2D eigenvalue weighted by molar-refractivity contribution is 5.98. The Kier molecular flexibility index (Phi) is 6.64. The quantitative estimate of drug-likeness (QED) is 0.783. The highest BCUT2D eigenvalue weighted by Crippen LogP contribution is 2.21. The van der Waals surface area contributed by atoms with Crippen molar-refractivity contribution < 1.29 is 14.4 Å². The smallest absolute Gasteiger partial charge is 0.248 e. The van der Waals surface area contributed by atoms with Crippen LogP contribution in [0.2, 0.25) is 0 Å². The Morgan fingerprint density at radius 1 is 1.17 bits per heavy atom. The van der Waals surface area contributed by atoms with Crippen LogP contribution in [0.5, 0.6) is 0 Å². The lowest BCUT2D eigenvalue weighted by Crippen LogP contribution is -2.49. The third-order valence-corrected chi connectivity index (χ3v) is 5.13. The number of likely N-dealkylation sites (tertiary alicyclic amines) is 1. The van der Waals surface area contributed by atoms with Gasteiger partial charge in [-0.3, -0.25) is 19.1 Å². The summed E-state index contributed by atoms with van der Waals surface area (Å²) in [6, 6.07) is 7.85. The lowest BCUT2D eigenvalue weighted by molar-refractivity contribution is -0.140. The van der Waals surface area contributed by atoms with Crippen LogP contribution in [-0.2, 0) is 14.4 Å². The maximum atomic E-state index is 12.8. The van der Waals surface area contributed by atoms with E-state index in [1.165, 1.54) is 0 Å². The molecular formula is C21H27N5O3. The second-order valence-corrected chi connectivity index (χ2v) is 7.17. The van der Waals surface area contributed by atoms with E-state index in [-0.39, 0.29) is 17.7 Å². The number of hydrogen-bond acceptors (Lipinski definition) is 4. The van der Waals surface area contributed by atoms with Crippen LogP contribution in [0.25, 0.3) is 0 Å². The zero-order valence-electron chi connectivity index (χ0n) is 16.8. The van der Waals surface area contributed by atoms with Crippen molar-refractivity contribution in [1.82, 2.24) is 14.7 Å². The zero-order chi connectivity index (χ0) is 20.8. The first-order valence-electron chi connectivity index (χ1n) is 10.00. The topological polar surface area (TPSA) is 96.3 Å². The van der Waals surface area contributed by atoms with Crippen LogP contribution in [0.15, 0.2) is 42.7 Å². The maximum absolute atomic E-state index is 12.8. The number of nitrogens with one attached hydrogen (secondary N) is 2. The van der Waals surface area contributed by atoms with Gasteiger partial charge in [0.05, 0.1) is 0 Å². The molecule has 0 radical (unpaired) electrons. The summed E-state index contributed by atoms with van der Waals surface area (Å²) in [6.45, 7) is 4.19. The molecule has 154 valence electrons. The van der Waals surface area contributed by atoms with E-state index in [0.29, 0.717) is 30.8 Å². The van der Waals surface area contributed by atoms with E-state index in [0.717, 1.165) is 12.8 Å². The Bertz CT molecular complexity index is 865. The van der Waals surface area contributed by atoms with Crippen molar-refractivity contribution in [3.63, 3.8) is 0 Å². The Balaban J connectivity index is 1.65. The van der Waals surface area contributed by atoms with Gasteiger partial charge in [0.15, 0.2) is 0 Å². The van der Waals surface area contributed by atoms with Crippen molar-refractivity contribution in [3.05, 3.63) is 42.7 Å². The minimum atomic E-state index is -0.459. The molecule has 2 N–H and O–H groups in total. The summed E-state index contributed by atoms with van der Waals surface area (Å²) in [5.41, 5.74) is 1.16. The Morgan fingerprint density at radius 2 is 1.93 bits per heavy atom. The van der Waals surface area contributed by atoms with Gasteiger partial charge >= 0.3 is 0 Å². The number of amides is 3. The monoisotopic (exact) mass is 397 g/mol. The molecule has 2 unspecified atom stereocenters. The molecule has 0 spiro atoms. The van der Waals surface area contributed by atoms with Gasteiger partial charge in [-0.15, -0.1) is 0 Å². The number of carbonyl (C=O) groups excluding carboxylic acids is 3. The summed E-state index contributed by atoms with van der Waals surface area (Å²) in [7, 11) is 0. The van der Waals surface area contributed by atoms with Crippen LogP contribution < -0.4 is 10.6 Å². The summed E-state index contributed by atoms with van der Waals surface area (Å²) >= 11 is 0. The molecule has 1 aromatic carbocycles. The molecule has 2 aromatic rings. The van der Waals surface area contributed by atoms with Gasteiger partial charge in [0, 0.05) is 36.7 Å². The van der Waals surface area contributed by atoms with E-state index in [1.54, 1.807) is 59.2 Å². The predicted octanol–water partition coefficient (Wildman–Crippen LogP) is 2.81. The molecule has 2 heterocycles. The molecule has 3 amide bonds. The lowest BCUT2D eigenvalue weighted by atomic mass is 10.0. The number of carbonyl (C=O) groups is 3. The molecule has 1 aliphatic rings. The highest BCUT2D eigenvalue weighted by Gasteiger charge is 2.31. The number of benzene rings is 1. The molecule has 1 aliphatic heterocycles. The van der Waals surface area contributed by atoms with Gasteiger partial charge in [-0.05, 0) is 50.5 Å². The van der Waals surface area contributed by atoms with Gasteiger partial charge in [-0.1, -0.05) is 13.0 Å². The van der Waals surface area contributed by atoms with Crippen LogP contribution in [-0.4, -0.2) is 45.0 Å². The van der Waals surface area contributed by atoms with Crippen molar-refractivity contribution in [1.29, 1.82) is 0 Å². The van der Waals surface area contributed by atoms with Gasteiger partial charge < -0.3 is 15.5 Å². The molecule has 8 nitrogen and oxygen atoms in total. The van der Waals surface area contributed by atoms with Crippen LogP contribution in [0.4, 0.5) is 11.4 Å². The second-order valence-electron chi connectivity index (χ2n) is 7.17. The Labute approximate surface area is 170 Å². The van der Waals surface area contributed by atoms with E-state index in [1.807, 2.05) is 6.92 Å². The van der Waals surface area contributed by atoms with Crippen LogP contribution >= 0.6 is 0 Å². The van der Waals surface area contributed by atoms with E-state index >= 15 is 0 Å². The molecule has 0 saturated carbocycles. The average molecular weight is 397 g/mol. The van der Waals surface area contributed by atoms with Crippen molar-refractivity contribution >= 4 is 29.1 Å². The number of aromatic nitrogens is 2. The number of piperidine rings is 1. The van der Waals surface area contributed by atoms with Crippen molar-refractivity contribution in [2.75, 3.05) is 17.2 Å². The molecule has 8 heteroatoms. The van der Waals surface area contributed by atoms with Gasteiger partial charge in [-0.25, -0.2) is 0 Å². The molecule has 3 rings (SSSR count). The normalized spacial score (nSPS) is 17.4. The molecular weight excluding hydrogens is 370 g/mol. The van der Waals surface area contributed by atoms with Crippen molar-refractivity contribution in [2.45, 2.75) is 51.6 Å². The molecule has 1 saturated heterocycles. The molecule has 29 heavy (non-hydrogen) atoms. The largest absolute Gasteiger partial charge is 0.331 e. The van der Waals surface area contributed by atoms with Crippen LogP contribution in [0.3, 0.4) is 0 Å². The Morgan fingerprint density at radius 3 is 2.62 bits per heavy atom. The first kappa shape index (κ1) is 20.6. The van der Waals surface area contributed by atoms with E-state index in [9.17, 15) is 14.4 Å². The highest BCUT2D eigenvalue weighted by atomic mass is 16.2. The van der Waals surface area contributed by atoms with Crippen molar-refractivity contribution in [2.24, 2.45) is 0 Å². The summed E-state index contributed by atoms with van der Waals surface area (Å²) in [4.78, 5) is 39.1. The fourth-order valence-electron chi connectivity index (χ4n) is 3.48. The molecule has 1 fully saturated rings. The molecule has 2 atom stereocenters. The number of hydrogen-bond donors (Lipinski definition) is 2. The maximum Gasteiger partial charge on any atom is 0.248 e. The van der Waals surface area contributed by atoms with E-state index < -0.39 is 12.1 Å². The van der Waals surface area contributed by atoms with Gasteiger partial charge in [0.2, 0.25) is 17.7 Å². The van der Waals surface area contributed by atoms with Crippen LogP contribution in [0, 0.1) is 0 Å². The number of rotatable bonds is 6. The zero-order valence-corrected chi connectivity index (χ0v) is 16.8. The third kappa shape index (κ3) is 5.01. The van der Waals surface area contributed by atoms with Gasteiger partial charge in [0.1, 0.15) is 12.1 Å². The number of nitrogens with zero attached hydrogens (tertiary/aromatic N) is 3. The minimum Gasteiger partial charge on any atom is -0.331 e. The average Bonchev–Trinajstić information content (AvgIpc) is 3.27. The first-order valence-corrected chi connectivity index (χ1v) is 10.00. The third-order valence-electron chi connectivity index (χ3n) is 5.13. The predicted molar refractivity (Wildman–Crippen MR) is 110 cm³/mol. The second kappa shape index (κ2) is 9.36. The standard InChI is InChI=1S/C21H27N5O3/c1-3-19(27)25-12-5-4-10-18(25)21(29)24-17-9-6-8-16(14-17)23-20(28)15(2)26-13-7-11-22-26/h6-9,11,13-15,18H,3-5,10,12H2,1-2H3,(H,23,28)(H,24,29).